The lowest BCUT2D eigenvalue weighted by molar-refractivity contribution is -0.386. The lowest BCUT2D eigenvalue weighted by Crippen LogP contribution is -2.09. The van der Waals surface area contributed by atoms with Gasteiger partial charge in [-0.05, 0) is 24.3 Å². The standard InChI is InChI=1S/C13H14N6O4/c14-16-10-3-1-8(12(6-10)18(20)21)5-9-2-4-11(17-15)7-13(9)19(22)23/h1-4,6-7,16-17H,5,14-15H2. The van der Waals surface area contributed by atoms with E-state index in [1.807, 2.05) is 0 Å². The predicted molar refractivity (Wildman–Crippen MR) is 84.6 cm³/mol. The van der Waals surface area contributed by atoms with Crippen molar-refractivity contribution in [2.45, 2.75) is 6.42 Å². The Morgan fingerprint density at radius 2 is 1.22 bits per heavy atom. The average molecular weight is 318 g/mol. The number of nitrogens with zero attached hydrogens (tertiary/aromatic N) is 2. The van der Waals surface area contributed by atoms with E-state index in [1.165, 1.54) is 24.3 Å². The van der Waals surface area contributed by atoms with E-state index in [0.717, 1.165) is 0 Å². The van der Waals surface area contributed by atoms with Crippen LogP contribution in [0.5, 0.6) is 0 Å². The monoisotopic (exact) mass is 318 g/mol. The third kappa shape index (κ3) is 3.51. The van der Waals surface area contributed by atoms with E-state index in [-0.39, 0.29) is 17.8 Å². The first-order valence-corrected chi connectivity index (χ1v) is 6.44. The summed E-state index contributed by atoms with van der Waals surface area (Å²) in [4.78, 5) is 21.2. The molecule has 0 saturated carbocycles. The Bertz CT molecular complexity index is 701. The fourth-order valence-corrected chi connectivity index (χ4v) is 2.15. The minimum Gasteiger partial charge on any atom is -0.324 e. The van der Waals surface area contributed by atoms with Gasteiger partial charge >= 0.3 is 0 Å². The summed E-state index contributed by atoms with van der Waals surface area (Å²) < 4.78 is 0. The number of nitro benzene ring substituents is 2. The Morgan fingerprint density at radius 3 is 1.52 bits per heavy atom. The van der Waals surface area contributed by atoms with Crippen LogP contribution < -0.4 is 22.5 Å². The van der Waals surface area contributed by atoms with Gasteiger partial charge in [0.05, 0.1) is 21.2 Å². The highest BCUT2D eigenvalue weighted by atomic mass is 16.6. The van der Waals surface area contributed by atoms with E-state index >= 15 is 0 Å². The topological polar surface area (TPSA) is 162 Å². The largest absolute Gasteiger partial charge is 0.324 e. The van der Waals surface area contributed by atoms with E-state index in [1.54, 1.807) is 12.1 Å². The van der Waals surface area contributed by atoms with Gasteiger partial charge in [-0.1, -0.05) is 0 Å². The highest BCUT2D eigenvalue weighted by Crippen LogP contribution is 2.30. The molecule has 10 heteroatoms. The van der Waals surface area contributed by atoms with Gasteiger partial charge in [0, 0.05) is 29.7 Å². The molecule has 0 atom stereocenters. The van der Waals surface area contributed by atoms with Crippen molar-refractivity contribution in [3.8, 4) is 0 Å². The van der Waals surface area contributed by atoms with Gasteiger partial charge in [-0.25, -0.2) is 0 Å². The third-order valence-electron chi connectivity index (χ3n) is 3.28. The van der Waals surface area contributed by atoms with Crippen molar-refractivity contribution in [1.82, 2.24) is 0 Å². The molecule has 6 N–H and O–H groups in total. The zero-order valence-electron chi connectivity index (χ0n) is 11.9. The molecule has 0 aromatic heterocycles. The SMILES string of the molecule is NNc1ccc(Cc2ccc(NN)cc2[N+](=O)[O-])c([N+](=O)[O-])c1. The normalized spacial score (nSPS) is 10.2. The molecule has 0 radical (unpaired) electrons. The molecule has 0 aliphatic heterocycles. The predicted octanol–water partition coefficient (Wildman–Crippen LogP) is 1.67. The Balaban J connectivity index is 2.47. The van der Waals surface area contributed by atoms with Crippen LogP contribution in [0.4, 0.5) is 22.7 Å². The van der Waals surface area contributed by atoms with Gasteiger partial charge < -0.3 is 10.9 Å². The summed E-state index contributed by atoms with van der Waals surface area (Å²) in [6, 6.07) is 8.68. The van der Waals surface area contributed by atoms with E-state index in [9.17, 15) is 20.2 Å². The fraction of sp³-hybridized carbons (Fsp3) is 0.0769. The van der Waals surface area contributed by atoms with Gasteiger partial charge in [0.15, 0.2) is 0 Å². The van der Waals surface area contributed by atoms with Crippen molar-refractivity contribution < 1.29 is 9.85 Å². The first kappa shape index (κ1) is 16.1. The number of anilines is 2. The van der Waals surface area contributed by atoms with Crippen molar-refractivity contribution in [2.75, 3.05) is 10.9 Å². The summed E-state index contributed by atoms with van der Waals surface area (Å²) >= 11 is 0. The van der Waals surface area contributed by atoms with Gasteiger partial charge in [0.25, 0.3) is 11.4 Å². The lowest BCUT2D eigenvalue weighted by atomic mass is 10.0. The molecule has 2 rings (SSSR count). The number of hydrogen-bond donors (Lipinski definition) is 4. The average Bonchev–Trinajstić information content (AvgIpc) is 2.55. The van der Waals surface area contributed by atoms with Gasteiger partial charge in [-0.15, -0.1) is 0 Å². The highest BCUT2D eigenvalue weighted by Gasteiger charge is 2.20. The summed E-state index contributed by atoms with van der Waals surface area (Å²) in [5.41, 5.74) is 5.73. The molecule has 0 bridgehead atoms. The number of nitrogens with two attached hydrogens (primary N) is 2. The van der Waals surface area contributed by atoms with E-state index in [4.69, 9.17) is 11.7 Å². The number of hydrogen-bond acceptors (Lipinski definition) is 8. The molecule has 2 aromatic rings. The molecule has 0 aliphatic carbocycles. The second kappa shape index (κ2) is 6.68. The molecule has 0 heterocycles. The molecule has 0 aliphatic rings. The molecule has 10 nitrogen and oxygen atoms in total. The first-order valence-electron chi connectivity index (χ1n) is 6.44. The van der Waals surface area contributed by atoms with Gasteiger partial charge in [0.1, 0.15) is 0 Å². The Hall–Kier alpha value is -3.24. The number of nitrogens with one attached hydrogen (secondary N) is 2. The quantitative estimate of drug-likeness (QED) is 0.355. The number of nitro groups is 2. The molecular weight excluding hydrogens is 304 g/mol. The summed E-state index contributed by atoms with van der Waals surface area (Å²) in [5, 5.41) is 22.4. The van der Waals surface area contributed by atoms with Crippen LogP contribution in [-0.4, -0.2) is 9.85 Å². The zero-order chi connectivity index (χ0) is 17.0. The number of hydrazine groups is 2. The molecule has 120 valence electrons. The van der Waals surface area contributed by atoms with Gasteiger partial charge in [-0.3, -0.25) is 31.9 Å². The molecular formula is C13H14N6O4. The van der Waals surface area contributed by atoms with Crippen LogP contribution in [0.15, 0.2) is 36.4 Å². The van der Waals surface area contributed by atoms with Gasteiger partial charge in [0.2, 0.25) is 0 Å². The lowest BCUT2D eigenvalue weighted by Gasteiger charge is -2.08. The Labute approximate surface area is 130 Å². The van der Waals surface area contributed by atoms with Crippen LogP contribution in [0.1, 0.15) is 11.1 Å². The van der Waals surface area contributed by atoms with Crippen LogP contribution in [0.2, 0.25) is 0 Å². The minimum atomic E-state index is -0.558. The van der Waals surface area contributed by atoms with E-state index in [2.05, 4.69) is 10.9 Å². The first-order chi connectivity index (χ1) is 11.0. The van der Waals surface area contributed by atoms with Crippen LogP contribution in [-0.2, 0) is 6.42 Å². The summed E-state index contributed by atoms with van der Waals surface area (Å²) in [5.74, 6) is 10.5. The minimum absolute atomic E-state index is 0.0301. The maximum Gasteiger partial charge on any atom is 0.275 e. The Morgan fingerprint density at radius 1 is 0.826 bits per heavy atom. The maximum atomic E-state index is 11.2. The smallest absolute Gasteiger partial charge is 0.275 e. The Kier molecular flexibility index (Phi) is 4.69. The molecule has 23 heavy (non-hydrogen) atoms. The number of benzene rings is 2. The van der Waals surface area contributed by atoms with Crippen molar-refractivity contribution in [3.63, 3.8) is 0 Å². The number of nitrogen functional groups attached to an aromatic ring is 2. The molecule has 0 amide bonds. The maximum absolute atomic E-state index is 11.2. The summed E-state index contributed by atoms with van der Waals surface area (Å²) in [6.07, 6.45) is 0.0301. The van der Waals surface area contributed by atoms with Crippen LogP contribution >= 0.6 is 0 Å². The van der Waals surface area contributed by atoms with Crippen LogP contribution in [0.3, 0.4) is 0 Å². The molecule has 0 unspecified atom stereocenters. The zero-order valence-corrected chi connectivity index (χ0v) is 11.9. The number of rotatable bonds is 6. The molecule has 0 fully saturated rings. The van der Waals surface area contributed by atoms with E-state index < -0.39 is 9.85 Å². The fourth-order valence-electron chi connectivity index (χ4n) is 2.15. The van der Waals surface area contributed by atoms with Crippen molar-refractivity contribution in [3.05, 3.63) is 67.8 Å². The highest BCUT2D eigenvalue weighted by molar-refractivity contribution is 5.59. The van der Waals surface area contributed by atoms with Crippen LogP contribution in [0, 0.1) is 20.2 Å². The van der Waals surface area contributed by atoms with Crippen molar-refractivity contribution in [1.29, 1.82) is 0 Å². The third-order valence-corrected chi connectivity index (χ3v) is 3.28. The second-order valence-electron chi connectivity index (χ2n) is 4.67. The summed E-state index contributed by atoms with van der Waals surface area (Å²) in [6.45, 7) is 0. The second-order valence-corrected chi connectivity index (χ2v) is 4.67. The summed E-state index contributed by atoms with van der Waals surface area (Å²) in [7, 11) is 0. The van der Waals surface area contributed by atoms with E-state index in [0.29, 0.717) is 22.5 Å². The van der Waals surface area contributed by atoms with Crippen molar-refractivity contribution >= 4 is 22.7 Å². The molecule has 0 spiro atoms. The van der Waals surface area contributed by atoms with Gasteiger partial charge in [-0.2, -0.15) is 0 Å². The molecule has 0 saturated heterocycles. The molecule has 2 aromatic carbocycles. The van der Waals surface area contributed by atoms with Crippen LogP contribution in [0.25, 0.3) is 0 Å². The van der Waals surface area contributed by atoms with Crippen molar-refractivity contribution in [2.24, 2.45) is 11.7 Å².